The Balaban J connectivity index is 1.58. The van der Waals surface area contributed by atoms with Crippen molar-refractivity contribution >= 4 is 17.9 Å². The molecule has 2 aromatic rings. The summed E-state index contributed by atoms with van der Waals surface area (Å²) < 4.78 is 10.4. The highest BCUT2D eigenvalue weighted by Gasteiger charge is 2.15. The van der Waals surface area contributed by atoms with Crippen molar-refractivity contribution in [1.82, 2.24) is 20.6 Å². The van der Waals surface area contributed by atoms with Crippen molar-refractivity contribution in [3.63, 3.8) is 0 Å². The Bertz CT molecular complexity index is 934. The van der Waals surface area contributed by atoms with Crippen LogP contribution in [0.2, 0.25) is 0 Å². The predicted molar refractivity (Wildman–Crippen MR) is 86.9 cm³/mol. The minimum Gasteiger partial charge on any atom is -0.454 e. The zero-order valence-corrected chi connectivity index (χ0v) is 13.0. The lowest BCUT2D eigenvalue weighted by Crippen LogP contribution is -2.38. The van der Waals surface area contributed by atoms with Crippen LogP contribution >= 0.6 is 0 Å². The minimum atomic E-state index is -0.812. The van der Waals surface area contributed by atoms with Crippen LogP contribution in [0.5, 0.6) is 11.5 Å². The highest BCUT2D eigenvalue weighted by molar-refractivity contribution is 5.86. The third-order valence-electron chi connectivity index (χ3n) is 3.24. The molecule has 0 saturated heterocycles. The molecule has 0 bridgehead atoms. The van der Waals surface area contributed by atoms with Crippen molar-refractivity contribution < 1.29 is 14.3 Å². The lowest BCUT2D eigenvalue weighted by atomic mass is 10.2. The van der Waals surface area contributed by atoms with Gasteiger partial charge in [-0.1, -0.05) is 0 Å². The van der Waals surface area contributed by atoms with E-state index in [2.05, 4.69) is 26.0 Å². The van der Waals surface area contributed by atoms with Crippen molar-refractivity contribution in [1.29, 1.82) is 0 Å². The van der Waals surface area contributed by atoms with E-state index in [1.165, 1.54) is 13.1 Å². The number of aromatic amines is 2. The molecule has 4 N–H and O–H groups in total. The highest BCUT2D eigenvalue weighted by atomic mass is 16.7. The van der Waals surface area contributed by atoms with Gasteiger partial charge in [-0.2, -0.15) is 5.10 Å². The summed E-state index contributed by atoms with van der Waals surface area (Å²) >= 11 is 0. The molecule has 0 radical (unpaired) electrons. The van der Waals surface area contributed by atoms with Gasteiger partial charge in [0.25, 0.3) is 11.5 Å². The van der Waals surface area contributed by atoms with E-state index in [1.54, 1.807) is 18.2 Å². The Hall–Kier alpha value is -3.63. The van der Waals surface area contributed by atoms with Crippen molar-refractivity contribution in [2.45, 2.75) is 13.0 Å². The smallest absolute Gasteiger partial charge is 0.342 e. The van der Waals surface area contributed by atoms with Gasteiger partial charge in [0.15, 0.2) is 11.5 Å². The number of hydrazone groups is 1. The fourth-order valence-corrected chi connectivity index (χ4v) is 1.98. The molecule has 0 unspecified atom stereocenters. The molecule has 11 nitrogen and oxygen atoms in total. The third kappa shape index (κ3) is 3.83. The topological polar surface area (TPSA) is 151 Å². The first kappa shape index (κ1) is 16.2. The number of hydrogen-bond donors (Lipinski definition) is 4. The third-order valence-corrected chi connectivity index (χ3v) is 3.24. The van der Waals surface area contributed by atoms with Crippen LogP contribution in [0.25, 0.3) is 0 Å². The molecule has 1 aromatic heterocycles. The van der Waals surface area contributed by atoms with Crippen LogP contribution in [0.1, 0.15) is 12.5 Å². The van der Waals surface area contributed by atoms with E-state index in [4.69, 9.17) is 9.47 Å². The number of nitrogens with one attached hydrogen (secondary N) is 4. The monoisotopic (exact) mass is 346 g/mol. The number of rotatable bonds is 5. The fraction of sp³-hybridized carbons (Fsp3) is 0.214. The normalized spacial score (nSPS) is 13.6. The molecule has 2 heterocycles. The van der Waals surface area contributed by atoms with Crippen LogP contribution in [0.3, 0.4) is 0 Å². The SMILES string of the molecule is C[C@H](Nc1n[nH]c(=O)[nH]c1=O)C(=O)N/N=C\c1ccc2c(c1)OCO2. The summed E-state index contributed by atoms with van der Waals surface area (Å²) in [5.41, 5.74) is 1.58. The van der Waals surface area contributed by atoms with Gasteiger partial charge < -0.3 is 14.8 Å². The van der Waals surface area contributed by atoms with Crippen molar-refractivity contribution in [3.8, 4) is 11.5 Å². The van der Waals surface area contributed by atoms with E-state index in [9.17, 15) is 14.4 Å². The van der Waals surface area contributed by atoms with Crippen molar-refractivity contribution in [2.75, 3.05) is 12.1 Å². The number of carbonyl (C=O) groups excluding carboxylic acids is 1. The maximum atomic E-state index is 12.0. The van der Waals surface area contributed by atoms with Crippen LogP contribution in [0, 0.1) is 0 Å². The summed E-state index contributed by atoms with van der Waals surface area (Å²) in [5.74, 6) is 0.581. The summed E-state index contributed by atoms with van der Waals surface area (Å²) in [6.07, 6.45) is 1.44. The molecule has 0 spiro atoms. The maximum Gasteiger partial charge on any atom is 0.342 e. The van der Waals surface area contributed by atoms with E-state index >= 15 is 0 Å². The lowest BCUT2D eigenvalue weighted by Gasteiger charge is -2.11. The number of amides is 1. The van der Waals surface area contributed by atoms with Gasteiger partial charge in [-0.3, -0.25) is 14.6 Å². The molecule has 1 aliphatic heterocycles. The molecule has 1 aliphatic rings. The minimum absolute atomic E-state index is 0.174. The summed E-state index contributed by atoms with van der Waals surface area (Å²) in [4.78, 5) is 36.4. The predicted octanol–water partition coefficient (Wildman–Crippen LogP) is -0.862. The zero-order valence-electron chi connectivity index (χ0n) is 13.0. The molecular formula is C14H14N6O5. The number of H-pyrrole nitrogens is 2. The summed E-state index contributed by atoms with van der Waals surface area (Å²) in [7, 11) is 0. The first-order valence-electron chi connectivity index (χ1n) is 7.21. The van der Waals surface area contributed by atoms with Gasteiger partial charge in [0, 0.05) is 0 Å². The van der Waals surface area contributed by atoms with Gasteiger partial charge in [-0.25, -0.2) is 15.3 Å². The van der Waals surface area contributed by atoms with E-state index in [0.29, 0.717) is 17.1 Å². The van der Waals surface area contributed by atoms with E-state index < -0.39 is 23.2 Å². The number of fused-ring (bicyclic) bond motifs is 1. The van der Waals surface area contributed by atoms with E-state index in [0.717, 1.165) is 0 Å². The molecule has 3 rings (SSSR count). The van der Waals surface area contributed by atoms with Gasteiger partial charge >= 0.3 is 5.69 Å². The van der Waals surface area contributed by atoms with Gasteiger partial charge in [0.05, 0.1) is 6.21 Å². The first-order valence-corrected chi connectivity index (χ1v) is 7.21. The second kappa shape index (κ2) is 6.86. The molecule has 130 valence electrons. The maximum absolute atomic E-state index is 12.0. The number of carbonyl (C=O) groups is 1. The van der Waals surface area contributed by atoms with Crippen LogP contribution in [-0.4, -0.2) is 40.1 Å². The molecule has 0 saturated carbocycles. The van der Waals surface area contributed by atoms with Crippen molar-refractivity contribution in [3.05, 3.63) is 44.6 Å². The second-order valence-electron chi connectivity index (χ2n) is 5.07. The number of benzene rings is 1. The number of anilines is 1. The molecule has 1 amide bonds. The summed E-state index contributed by atoms with van der Waals surface area (Å²) in [5, 5.41) is 12.0. The molecule has 11 heteroatoms. The number of ether oxygens (including phenoxy) is 2. The Morgan fingerprint density at radius 1 is 1.36 bits per heavy atom. The largest absolute Gasteiger partial charge is 0.454 e. The standard InChI is InChI=1S/C14H14N6O5/c1-7(16-11-13(22)17-14(23)20-18-11)12(21)19-15-5-8-2-3-9-10(4-8)25-6-24-9/h2-5,7H,6H2,1H3,(H,16,18)(H,19,21)(H2,17,20,22,23)/b15-5-/t7-/m0/s1. The molecule has 1 atom stereocenters. The average Bonchev–Trinajstić information content (AvgIpc) is 3.05. The summed E-state index contributed by atoms with van der Waals surface area (Å²) in [6, 6.07) is 4.41. The van der Waals surface area contributed by atoms with Crippen LogP contribution < -0.4 is 31.5 Å². The van der Waals surface area contributed by atoms with E-state index in [1.807, 2.05) is 4.98 Å². The van der Waals surface area contributed by atoms with Crippen LogP contribution in [0.4, 0.5) is 5.82 Å². The number of aromatic nitrogens is 3. The lowest BCUT2D eigenvalue weighted by molar-refractivity contribution is -0.121. The van der Waals surface area contributed by atoms with Gasteiger partial charge in [-0.15, -0.1) is 5.10 Å². The zero-order chi connectivity index (χ0) is 17.8. The second-order valence-corrected chi connectivity index (χ2v) is 5.07. The van der Waals surface area contributed by atoms with E-state index in [-0.39, 0.29) is 12.6 Å². The Kier molecular flexibility index (Phi) is 4.46. The number of nitrogens with zero attached hydrogens (tertiary/aromatic N) is 2. The molecule has 1 aromatic carbocycles. The first-order chi connectivity index (χ1) is 12.0. The average molecular weight is 346 g/mol. The Morgan fingerprint density at radius 2 is 2.16 bits per heavy atom. The molecule has 0 aliphatic carbocycles. The summed E-state index contributed by atoms with van der Waals surface area (Å²) in [6.45, 7) is 1.69. The Morgan fingerprint density at radius 3 is 2.96 bits per heavy atom. The van der Waals surface area contributed by atoms with Gasteiger partial charge in [0.1, 0.15) is 6.04 Å². The molecular weight excluding hydrogens is 332 g/mol. The molecule has 0 fully saturated rings. The molecule has 25 heavy (non-hydrogen) atoms. The van der Waals surface area contributed by atoms with Crippen LogP contribution in [-0.2, 0) is 4.79 Å². The highest BCUT2D eigenvalue weighted by Crippen LogP contribution is 2.31. The van der Waals surface area contributed by atoms with Gasteiger partial charge in [-0.05, 0) is 30.7 Å². The Labute approximate surface area is 140 Å². The quantitative estimate of drug-likeness (QED) is 0.406. The van der Waals surface area contributed by atoms with Crippen LogP contribution in [0.15, 0.2) is 32.9 Å². The van der Waals surface area contributed by atoms with Crippen molar-refractivity contribution in [2.24, 2.45) is 5.10 Å². The van der Waals surface area contributed by atoms with Gasteiger partial charge in [0.2, 0.25) is 12.6 Å². The number of hydrogen-bond acceptors (Lipinski definition) is 8. The fourth-order valence-electron chi connectivity index (χ4n) is 1.98.